The zero-order valence-corrected chi connectivity index (χ0v) is 14.1. The summed E-state index contributed by atoms with van der Waals surface area (Å²) in [5.41, 5.74) is 6.71. The Labute approximate surface area is 127 Å². The molecule has 0 fully saturated rings. The van der Waals surface area contributed by atoms with Gasteiger partial charge in [0.1, 0.15) is 0 Å². The van der Waals surface area contributed by atoms with Crippen LogP contribution in [0.25, 0.3) is 10.2 Å². The molecule has 1 aromatic heterocycles. The van der Waals surface area contributed by atoms with E-state index in [-0.39, 0.29) is 4.34 Å². The summed E-state index contributed by atoms with van der Waals surface area (Å²) < 4.78 is 48.5. The molecule has 0 radical (unpaired) electrons. The maximum Gasteiger partial charge on any atom is 0.210 e. The van der Waals surface area contributed by atoms with Crippen molar-refractivity contribution >= 4 is 46.9 Å². The minimum atomic E-state index is -3.71. The lowest BCUT2D eigenvalue weighted by Gasteiger charge is -2.06. The third-order valence-corrected chi connectivity index (χ3v) is 8.67. The lowest BCUT2D eigenvalue weighted by Crippen LogP contribution is -2.23. The van der Waals surface area contributed by atoms with Gasteiger partial charge in [0.25, 0.3) is 0 Å². The van der Waals surface area contributed by atoms with Crippen molar-refractivity contribution in [2.75, 3.05) is 17.2 Å². The molecule has 0 aliphatic rings. The van der Waals surface area contributed by atoms with Crippen LogP contribution < -0.4 is 5.73 Å². The van der Waals surface area contributed by atoms with Crippen molar-refractivity contribution in [1.29, 1.82) is 0 Å². The van der Waals surface area contributed by atoms with Gasteiger partial charge in [-0.1, -0.05) is 0 Å². The molecule has 116 valence electrons. The quantitative estimate of drug-likeness (QED) is 0.820. The molecule has 0 bridgehead atoms. The van der Waals surface area contributed by atoms with Crippen LogP contribution in [0, 0.1) is 0 Å². The number of benzene rings is 1. The monoisotopic (exact) mass is 348 g/mol. The van der Waals surface area contributed by atoms with Crippen LogP contribution in [0.1, 0.15) is 13.8 Å². The van der Waals surface area contributed by atoms with Gasteiger partial charge in [-0.2, -0.15) is 0 Å². The number of aromatic nitrogens is 1. The largest absolute Gasteiger partial charge is 0.399 e. The number of fused-ring (bicyclic) bond motifs is 1. The van der Waals surface area contributed by atoms with Gasteiger partial charge in [-0.3, -0.25) is 0 Å². The summed E-state index contributed by atoms with van der Waals surface area (Å²) in [7, 11) is -7.11. The van der Waals surface area contributed by atoms with Gasteiger partial charge in [-0.05, 0) is 32.0 Å². The van der Waals surface area contributed by atoms with Gasteiger partial charge in [0, 0.05) is 5.69 Å². The average Bonchev–Trinajstić information content (AvgIpc) is 2.80. The molecule has 0 atom stereocenters. The number of nitrogen functional groups attached to an aromatic ring is 1. The summed E-state index contributed by atoms with van der Waals surface area (Å²) in [6, 6.07) is 4.93. The van der Waals surface area contributed by atoms with E-state index in [0.717, 1.165) is 11.3 Å². The van der Waals surface area contributed by atoms with E-state index in [1.54, 1.807) is 18.2 Å². The van der Waals surface area contributed by atoms with Gasteiger partial charge < -0.3 is 5.73 Å². The number of nitrogens with zero attached hydrogens (tertiary/aromatic N) is 1. The molecule has 0 saturated carbocycles. The maximum absolute atomic E-state index is 12.2. The summed E-state index contributed by atoms with van der Waals surface area (Å²) in [6.45, 7) is 3.06. The van der Waals surface area contributed by atoms with Crippen LogP contribution >= 0.6 is 11.3 Å². The van der Waals surface area contributed by atoms with Crippen LogP contribution in [-0.2, 0) is 19.7 Å². The first-order chi connectivity index (χ1) is 9.62. The predicted molar refractivity (Wildman–Crippen MR) is 85.0 cm³/mol. The maximum atomic E-state index is 12.2. The fraction of sp³-hybridized carbons (Fsp3) is 0.417. The second-order valence-electron chi connectivity index (χ2n) is 4.94. The van der Waals surface area contributed by atoms with Crippen molar-refractivity contribution in [3.63, 3.8) is 0 Å². The number of hydrogen-bond acceptors (Lipinski definition) is 7. The summed E-state index contributed by atoms with van der Waals surface area (Å²) in [5.74, 6) is -0.853. The van der Waals surface area contributed by atoms with Crippen LogP contribution in [-0.4, -0.2) is 38.6 Å². The molecule has 21 heavy (non-hydrogen) atoms. The van der Waals surface area contributed by atoms with Crippen LogP contribution in [0.15, 0.2) is 22.5 Å². The van der Waals surface area contributed by atoms with Gasteiger partial charge in [0.2, 0.25) is 14.2 Å². The molecule has 0 unspecified atom stereocenters. The molecular formula is C12H16N2O4S3. The van der Waals surface area contributed by atoms with Crippen molar-refractivity contribution in [3.05, 3.63) is 18.2 Å². The van der Waals surface area contributed by atoms with Crippen molar-refractivity contribution < 1.29 is 16.8 Å². The first-order valence-corrected chi connectivity index (χ1v) is 10.4. The minimum Gasteiger partial charge on any atom is -0.399 e. The third kappa shape index (κ3) is 3.53. The Kier molecular flexibility index (Phi) is 4.27. The fourth-order valence-corrected chi connectivity index (χ4v) is 6.06. The Morgan fingerprint density at radius 1 is 1.19 bits per heavy atom. The summed E-state index contributed by atoms with van der Waals surface area (Å²) >= 11 is 1.00. The number of thiazole rings is 1. The first kappa shape index (κ1) is 16.2. The fourth-order valence-electron chi connectivity index (χ4n) is 1.60. The molecule has 1 aromatic carbocycles. The Morgan fingerprint density at radius 2 is 1.86 bits per heavy atom. The minimum absolute atomic E-state index is 0.0675. The molecule has 2 N–H and O–H groups in total. The Morgan fingerprint density at radius 3 is 2.48 bits per heavy atom. The van der Waals surface area contributed by atoms with Crippen molar-refractivity contribution in [2.24, 2.45) is 0 Å². The summed E-state index contributed by atoms with van der Waals surface area (Å²) in [5, 5.41) is -0.595. The smallest absolute Gasteiger partial charge is 0.210 e. The van der Waals surface area contributed by atoms with E-state index in [1.165, 1.54) is 13.8 Å². The Bertz CT molecular complexity index is 867. The Hall–Kier alpha value is -1.19. The highest BCUT2D eigenvalue weighted by Gasteiger charge is 2.25. The van der Waals surface area contributed by atoms with Crippen molar-refractivity contribution in [3.8, 4) is 0 Å². The van der Waals surface area contributed by atoms with Crippen LogP contribution in [0.5, 0.6) is 0 Å². The normalized spacial score (nSPS) is 13.1. The van der Waals surface area contributed by atoms with Gasteiger partial charge in [-0.25, -0.2) is 21.8 Å². The molecule has 1 heterocycles. The van der Waals surface area contributed by atoms with E-state index in [2.05, 4.69) is 4.98 Å². The van der Waals surface area contributed by atoms with Crippen molar-refractivity contribution in [2.45, 2.75) is 23.4 Å². The molecule has 2 rings (SSSR count). The SMILES string of the molecule is CC(C)S(=O)(=O)CCS(=O)(=O)c1nc2ccc(N)cc2s1. The van der Waals surface area contributed by atoms with E-state index in [4.69, 9.17) is 5.73 Å². The highest BCUT2D eigenvalue weighted by atomic mass is 32.2. The molecule has 0 aliphatic heterocycles. The summed E-state index contributed by atoms with van der Waals surface area (Å²) in [6.07, 6.45) is 0. The predicted octanol–water partition coefficient (Wildman–Crippen LogP) is 1.48. The Balaban J connectivity index is 2.30. The van der Waals surface area contributed by atoms with Crippen LogP contribution in [0.2, 0.25) is 0 Å². The topological polar surface area (TPSA) is 107 Å². The van der Waals surface area contributed by atoms with E-state index < -0.39 is 36.4 Å². The molecule has 0 spiro atoms. The van der Waals surface area contributed by atoms with E-state index >= 15 is 0 Å². The van der Waals surface area contributed by atoms with Gasteiger partial charge in [0.05, 0.1) is 27.0 Å². The van der Waals surface area contributed by atoms with Gasteiger partial charge >= 0.3 is 0 Å². The molecule has 2 aromatic rings. The van der Waals surface area contributed by atoms with Crippen molar-refractivity contribution in [1.82, 2.24) is 4.98 Å². The second-order valence-corrected chi connectivity index (χ2v) is 10.9. The van der Waals surface area contributed by atoms with Gasteiger partial charge in [0.15, 0.2) is 9.84 Å². The van der Waals surface area contributed by atoms with E-state index in [9.17, 15) is 16.8 Å². The van der Waals surface area contributed by atoms with E-state index in [0.29, 0.717) is 15.9 Å². The number of nitrogens with two attached hydrogens (primary N) is 1. The number of rotatable bonds is 5. The highest BCUT2D eigenvalue weighted by molar-refractivity contribution is 7.96. The first-order valence-electron chi connectivity index (χ1n) is 6.22. The van der Waals surface area contributed by atoms with Crippen LogP contribution in [0.3, 0.4) is 0 Å². The second kappa shape index (κ2) is 5.54. The highest BCUT2D eigenvalue weighted by Crippen LogP contribution is 2.27. The lowest BCUT2D eigenvalue weighted by molar-refractivity contribution is 0.582. The molecule has 0 aliphatic carbocycles. The molecule has 6 nitrogen and oxygen atoms in total. The number of sulfone groups is 2. The lowest BCUT2D eigenvalue weighted by atomic mass is 10.3. The zero-order valence-electron chi connectivity index (χ0n) is 11.6. The van der Waals surface area contributed by atoms with Crippen LogP contribution in [0.4, 0.5) is 5.69 Å². The third-order valence-electron chi connectivity index (χ3n) is 3.01. The number of hydrogen-bond donors (Lipinski definition) is 1. The van der Waals surface area contributed by atoms with Gasteiger partial charge in [-0.15, -0.1) is 11.3 Å². The zero-order chi connectivity index (χ0) is 15.8. The molecule has 0 saturated heterocycles. The standard InChI is InChI=1S/C12H16N2O4S3/c1-8(2)20(15,16)5-6-21(17,18)12-14-10-4-3-9(13)7-11(10)19-12/h3-4,7-8H,5-6,13H2,1-2H3. The molecular weight excluding hydrogens is 332 g/mol. The molecule has 9 heteroatoms. The number of anilines is 1. The molecule has 0 amide bonds. The average molecular weight is 348 g/mol. The summed E-state index contributed by atoms with van der Waals surface area (Å²) in [4.78, 5) is 4.05. The van der Waals surface area contributed by atoms with E-state index in [1.807, 2.05) is 0 Å².